The fourth-order valence-electron chi connectivity index (χ4n) is 3.69. The molecular weight excluding hydrogens is 168 g/mol. The molecule has 2 aliphatic carbocycles. The average Bonchev–Trinajstić information content (AvgIpc) is 2.80. The first-order valence-corrected chi connectivity index (χ1v) is 6.74. The Labute approximate surface area is 89.5 Å². The molecule has 0 aromatic heterocycles. The van der Waals surface area contributed by atoms with Gasteiger partial charge in [-0.15, -0.1) is 0 Å². The third-order valence-electron chi connectivity index (χ3n) is 5.15. The molecule has 0 aliphatic heterocycles. The van der Waals surface area contributed by atoms with E-state index < -0.39 is 0 Å². The first kappa shape index (κ1) is 10.5. The van der Waals surface area contributed by atoms with Crippen molar-refractivity contribution in [2.45, 2.75) is 59.3 Å². The molecule has 0 radical (unpaired) electrons. The van der Waals surface area contributed by atoms with E-state index in [4.69, 9.17) is 0 Å². The van der Waals surface area contributed by atoms with Crippen molar-refractivity contribution in [1.29, 1.82) is 0 Å². The number of rotatable bonds is 4. The maximum absolute atomic E-state index is 2.52. The van der Waals surface area contributed by atoms with E-state index in [0.717, 1.165) is 29.6 Å². The lowest BCUT2D eigenvalue weighted by Crippen LogP contribution is -2.18. The second-order valence-electron chi connectivity index (χ2n) is 5.83. The second kappa shape index (κ2) is 4.24. The summed E-state index contributed by atoms with van der Waals surface area (Å²) in [6.45, 7) is 7.40. The molecule has 0 bridgehead atoms. The maximum atomic E-state index is 2.52. The average molecular weight is 194 g/mol. The molecule has 2 saturated carbocycles. The summed E-state index contributed by atoms with van der Waals surface area (Å²) in [6, 6.07) is 0. The first-order chi connectivity index (χ1) is 6.74. The van der Waals surface area contributed by atoms with Gasteiger partial charge in [0.1, 0.15) is 0 Å². The van der Waals surface area contributed by atoms with Crippen LogP contribution in [0.3, 0.4) is 0 Å². The lowest BCUT2D eigenvalue weighted by Gasteiger charge is -2.26. The van der Waals surface area contributed by atoms with Crippen LogP contribution in [0.5, 0.6) is 0 Å². The predicted octanol–water partition coefficient (Wildman–Crippen LogP) is 4.49. The molecule has 0 heterocycles. The van der Waals surface area contributed by atoms with Crippen LogP contribution in [0, 0.1) is 29.6 Å². The Kier molecular flexibility index (Phi) is 3.19. The molecule has 0 aromatic carbocycles. The molecule has 0 heteroatoms. The molecule has 0 spiro atoms. The lowest BCUT2D eigenvalue weighted by molar-refractivity contribution is 0.234. The van der Waals surface area contributed by atoms with Crippen molar-refractivity contribution in [3.8, 4) is 0 Å². The van der Waals surface area contributed by atoms with E-state index in [2.05, 4.69) is 20.8 Å². The Morgan fingerprint density at radius 3 is 2.21 bits per heavy atom. The van der Waals surface area contributed by atoms with Crippen LogP contribution >= 0.6 is 0 Å². The van der Waals surface area contributed by atoms with Crippen molar-refractivity contribution in [2.75, 3.05) is 0 Å². The topological polar surface area (TPSA) is 0 Å². The van der Waals surface area contributed by atoms with E-state index in [1.165, 1.54) is 38.5 Å². The molecular formula is C14H26. The van der Waals surface area contributed by atoms with Gasteiger partial charge in [-0.1, -0.05) is 52.9 Å². The fraction of sp³-hybridized carbons (Fsp3) is 1.00. The predicted molar refractivity (Wildman–Crippen MR) is 62.2 cm³/mol. The fourth-order valence-corrected chi connectivity index (χ4v) is 3.69. The standard InChI is InChI=1S/C14H26/c1-4-12-9-14(12)11(3)10(2)13-7-5-6-8-13/h10-14H,4-9H2,1-3H3. The van der Waals surface area contributed by atoms with Crippen LogP contribution < -0.4 is 0 Å². The molecule has 14 heavy (non-hydrogen) atoms. The molecule has 0 amide bonds. The van der Waals surface area contributed by atoms with E-state index in [-0.39, 0.29) is 0 Å². The zero-order valence-electron chi connectivity index (χ0n) is 10.1. The minimum absolute atomic E-state index is 0.999. The summed E-state index contributed by atoms with van der Waals surface area (Å²) in [7, 11) is 0. The number of hydrogen-bond donors (Lipinski definition) is 0. The van der Waals surface area contributed by atoms with Crippen molar-refractivity contribution in [3.63, 3.8) is 0 Å². The molecule has 0 nitrogen and oxygen atoms in total. The van der Waals surface area contributed by atoms with Gasteiger partial charge in [-0.3, -0.25) is 0 Å². The van der Waals surface area contributed by atoms with Crippen molar-refractivity contribution in [2.24, 2.45) is 29.6 Å². The van der Waals surface area contributed by atoms with Crippen LogP contribution in [0.4, 0.5) is 0 Å². The molecule has 2 fully saturated rings. The molecule has 0 saturated heterocycles. The summed E-state index contributed by atoms with van der Waals surface area (Å²) in [6.07, 6.45) is 9.01. The van der Waals surface area contributed by atoms with E-state index in [1.807, 2.05) is 0 Å². The third kappa shape index (κ3) is 1.99. The first-order valence-electron chi connectivity index (χ1n) is 6.74. The molecule has 4 atom stereocenters. The highest BCUT2D eigenvalue weighted by atomic mass is 14.5. The molecule has 2 rings (SSSR count). The van der Waals surface area contributed by atoms with Gasteiger partial charge in [0, 0.05) is 0 Å². The van der Waals surface area contributed by atoms with Crippen LogP contribution in [-0.2, 0) is 0 Å². The van der Waals surface area contributed by atoms with Crippen molar-refractivity contribution < 1.29 is 0 Å². The summed E-state index contributed by atoms with van der Waals surface area (Å²) in [4.78, 5) is 0. The van der Waals surface area contributed by atoms with Crippen molar-refractivity contribution >= 4 is 0 Å². The van der Waals surface area contributed by atoms with E-state index in [0.29, 0.717) is 0 Å². The highest BCUT2D eigenvalue weighted by molar-refractivity contribution is 4.92. The molecule has 0 aromatic rings. The van der Waals surface area contributed by atoms with Gasteiger partial charge in [-0.2, -0.15) is 0 Å². The van der Waals surface area contributed by atoms with Gasteiger partial charge in [0.15, 0.2) is 0 Å². The molecule has 82 valence electrons. The van der Waals surface area contributed by atoms with Gasteiger partial charge in [0.2, 0.25) is 0 Å². The minimum atomic E-state index is 0.999. The van der Waals surface area contributed by atoms with Crippen LogP contribution in [-0.4, -0.2) is 0 Å². The quantitative estimate of drug-likeness (QED) is 0.618. The second-order valence-corrected chi connectivity index (χ2v) is 5.83. The molecule has 2 aliphatic rings. The Morgan fingerprint density at radius 2 is 1.71 bits per heavy atom. The van der Waals surface area contributed by atoms with Gasteiger partial charge < -0.3 is 0 Å². The monoisotopic (exact) mass is 194 g/mol. The van der Waals surface area contributed by atoms with Gasteiger partial charge >= 0.3 is 0 Å². The summed E-state index contributed by atoms with van der Waals surface area (Å²) < 4.78 is 0. The van der Waals surface area contributed by atoms with E-state index in [9.17, 15) is 0 Å². The normalized spacial score (nSPS) is 37.1. The summed E-state index contributed by atoms with van der Waals surface area (Å²) in [5.41, 5.74) is 0. The number of hydrogen-bond acceptors (Lipinski definition) is 0. The third-order valence-corrected chi connectivity index (χ3v) is 5.15. The van der Waals surface area contributed by atoms with Crippen LogP contribution in [0.1, 0.15) is 59.3 Å². The Bertz CT molecular complexity index is 178. The van der Waals surface area contributed by atoms with Crippen LogP contribution in [0.25, 0.3) is 0 Å². The Morgan fingerprint density at radius 1 is 1.07 bits per heavy atom. The SMILES string of the molecule is CCC1CC1C(C)C(C)C1CCCC1. The van der Waals surface area contributed by atoms with E-state index >= 15 is 0 Å². The largest absolute Gasteiger partial charge is 0.0651 e. The molecule has 0 N–H and O–H groups in total. The summed E-state index contributed by atoms with van der Waals surface area (Å²) in [5.74, 6) is 5.26. The minimum Gasteiger partial charge on any atom is -0.0651 e. The smallest absolute Gasteiger partial charge is 0.0355 e. The molecule has 4 unspecified atom stereocenters. The van der Waals surface area contributed by atoms with Crippen LogP contribution in [0.15, 0.2) is 0 Å². The highest BCUT2D eigenvalue weighted by Crippen LogP contribution is 2.51. The zero-order chi connectivity index (χ0) is 10.1. The zero-order valence-corrected chi connectivity index (χ0v) is 10.1. The maximum Gasteiger partial charge on any atom is -0.0355 e. The van der Waals surface area contributed by atoms with Gasteiger partial charge in [-0.05, 0) is 36.0 Å². The Balaban J connectivity index is 1.82. The van der Waals surface area contributed by atoms with Gasteiger partial charge in [0.05, 0.1) is 0 Å². The Hall–Kier alpha value is 0. The summed E-state index contributed by atoms with van der Waals surface area (Å²) in [5, 5.41) is 0. The van der Waals surface area contributed by atoms with Gasteiger partial charge in [0.25, 0.3) is 0 Å². The van der Waals surface area contributed by atoms with Crippen molar-refractivity contribution in [3.05, 3.63) is 0 Å². The highest BCUT2D eigenvalue weighted by Gasteiger charge is 2.42. The summed E-state index contributed by atoms with van der Waals surface area (Å²) >= 11 is 0. The van der Waals surface area contributed by atoms with Gasteiger partial charge in [-0.25, -0.2) is 0 Å². The van der Waals surface area contributed by atoms with Crippen LogP contribution in [0.2, 0.25) is 0 Å². The van der Waals surface area contributed by atoms with E-state index in [1.54, 1.807) is 0 Å². The lowest BCUT2D eigenvalue weighted by atomic mass is 9.80. The van der Waals surface area contributed by atoms with Crippen molar-refractivity contribution in [1.82, 2.24) is 0 Å².